The maximum Gasteiger partial charge on any atom is 0.280 e. The predicted octanol–water partition coefficient (Wildman–Crippen LogP) is 4.40. The Labute approximate surface area is 173 Å². The molecule has 1 fully saturated rings. The number of nitrogens with zero attached hydrogens (tertiary/aromatic N) is 6. The summed E-state index contributed by atoms with van der Waals surface area (Å²) in [7, 11) is 0. The normalized spacial score (nSPS) is 15.2. The first-order chi connectivity index (χ1) is 14.5. The Morgan fingerprint density at radius 3 is 2.63 bits per heavy atom. The minimum absolute atomic E-state index is 0.00866. The summed E-state index contributed by atoms with van der Waals surface area (Å²) in [5.74, 6) is 1.86. The molecule has 0 N–H and O–H groups in total. The highest BCUT2D eigenvalue weighted by Crippen LogP contribution is 2.34. The molecule has 1 aliphatic heterocycles. The molecular weight excluding hydrogens is 380 g/mol. The minimum atomic E-state index is -0.378. The van der Waals surface area contributed by atoms with E-state index >= 15 is 0 Å². The van der Waals surface area contributed by atoms with Gasteiger partial charge in [0.15, 0.2) is 11.5 Å². The van der Waals surface area contributed by atoms with Gasteiger partial charge in [0.2, 0.25) is 5.95 Å². The van der Waals surface area contributed by atoms with E-state index in [2.05, 4.69) is 22.0 Å². The number of nitro benzene ring substituents is 1. The van der Waals surface area contributed by atoms with Crippen LogP contribution >= 0.6 is 0 Å². The van der Waals surface area contributed by atoms with E-state index in [1.807, 2.05) is 29.5 Å². The highest BCUT2D eigenvalue weighted by atomic mass is 16.6. The Balaban J connectivity index is 1.82. The molecule has 8 heteroatoms. The van der Waals surface area contributed by atoms with Crippen LogP contribution in [0.3, 0.4) is 0 Å². The third kappa shape index (κ3) is 2.96. The summed E-state index contributed by atoms with van der Waals surface area (Å²) in [6, 6.07) is 12.7. The van der Waals surface area contributed by atoms with Gasteiger partial charge >= 0.3 is 0 Å². The lowest BCUT2D eigenvalue weighted by Crippen LogP contribution is -2.34. The number of anilines is 1. The fraction of sp³-hybridized carbons (Fsp3) is 0.318. The summed E-state index contributed by atoms with van der Waals surface area (Å²) in [5, 5.41) is 21.4. The molecule has 1 saturated heterocycles. The molecule has 30 heavy (non-hydrogen) atoms. The van der Waals surface area contributed by atoms with Gasteiger partial charge in [0.1, 0.15) is 0 Å². The standard InChI is InChI=1S/C22H22N6O2/c1-14-9-11-26(12-10-14)22-23-18-8-7-15(2)13-17(18)21-25-24-20(27(21)22)16-5-3-4-6-19(16)28(29)30/h3-8,13-14H,9-12H2,1-2H3. The Morgan fingerprint density at radius 2 is 1.87 bits per heavy atom. The summed E-state index contributed by atoms with van der Waals surface area (Å²) in [5.41, 5.74) is 3.07. The zero-order chi connectivity index (χ0) is 20.8. The van der Waals surface area contributed by atoms with E-state index < -0.39 is 0 Å². The van der Waals surface area contributed by atoms with Gasteiger partial charge in [-0.15, -0.1) is 10.2 Å². The Kier molecular flexibility index (Phi) is 4.34. The average Bonchev–Trinajstić information content (AvgIpc) is 3.19. The van der Waals surface area contributed by atoms with Crippen molar-refractivity contribution in [1.29, 1.82) is 0 Å². The molecule has 0 aliphatic carbocycles. The number of aromatic nitrogens is 4. The molecule has 4 aromatic rings. The van der Waals surface area contributed by atoms with Crippen molar-refractivity contribution in [3.8, 4) is 11.4 Å². The lowest BCUT2D eigenvalue weighted by Gasteiger charge is -2.31. The van der Waals surface area contributed by atoms with Gasteiger partial charge in [-0.2, -0.15) is 0 Å². The van der Waals surface area contributed by atoms with Crippen LogP contribution in [0, 0.1) is 23.0 Å². The van der Waals surface area contributed by atoms with E-state index in [1.54, 1.807) is 18.2 Å². The van der Waals surface area contributed by atoms with Gasteiger partial charge in [0, 0.05) is 24.5 Å². The molecule has 152 valence electrons. The Bertz CT molecular complexity index is 1270. The Morgan fingerprint density at radius 1 is 1.10 bits per heavy atom. The molecule has 0 saturated carbocycles. The van der Waals surface area contributed by atoms with E-state index in [0.29, 0.717) is 23.0 Å². The predicted molar refractivity (Wildman–Crippen MR) is 116 cm³/mol. The third-order valence-electron chi connectivity index (χ3n) is 5.88. The van der Waals surface area contributed by atoms with Crippen LogP contribution in [0.15, 0.2) is 42.5 Å². The number of fused-ring (bicyclic) bond motifs is 3. The smallest absolute Gasteiger partial charge is 0.280 e. The zero-order valence-corrected chi connectivity index (χ0v) is 16.9. The molecule has 5 rings (SSSR count). The van der Waals surface area contributed by atoms with E-state index in [1.165, 1.54) is 6.07 Å². The fourth-order valence-corrected chi connectivity index (χ4v) is 4.15. The summed E-state index contributed by atoms with van der Waals surface area (Å²) < 4.78 is 1.89. The second-order valence-electron chi connectivity index (χ2n) is 8.06. The number of rotatable bonds is 3. The van der Waals surface area contributed by atoms with Gasteiger partial charge in [-0.1, -0.05) is 30.7 Å². The third-order valence-corrected chi connectivity index (χ3v) is 5.88. The van der Waals surface area contributed by atoms with Crippen LogP contribution in [0.25, 0.3) is 27.9 Å². The summed E-state index contributed by atoms with van der Waals surface area (Å²) >= 11 is 0. The molecule has 1 aliphatic rings. The Hall–Kier alpha value is -3.55. The van der Waals surface area contributed by atoms with Gasteiger partial charge in [-0.25, -0.2) is 9.38 Å². The van der Waals surface area contributed by atoms with Crippen molar-refractivity contribution >= 4 is 28.2 Å². The number of benzene rings is 2. The molecule has 0 radical (unpaired) electrons. The van der Waals surface area contributed by atoms with E-state index in [0.717, 1.165) is 48.3 Å². The van der Waals surface area contributed by atoms with Crippen molar-refractivity contribution in [2.75, 3.05) is 18.0 Å². The maximum absolute atomic E-state index is 11.7. The monoisotopic (exact) mass is 402 g/mol. The van der Waals surface area contributed by atoms with Crippen molar-refractivity contribution in [3.63, 3.8) is 0 Å². The molecule has 0 bridgehead atoms. The van der Waals surface area contributed by atoms with Crippen LogP contribution in [0.5, 0.6) is 0 Å². The van der Waals surface area contributed by atoms with E-state index in [4.69, 9.17) is 4.98 Å². The topological polar surface area (TPSA) is 89.5 Å². The summed E-state index contributed by atoms with van der Waals surface area (Å²) in [4.78, 5) is 18.5. The maximum atomic E-state index is 11.7. The van der Waals surface area contributed by atoms with Crippen LogP contribution in [0.1, 0.15) is 25.3 Å². The quantitative estimate of drug-likeness (QED) is 0.373. The van der Waals surface area contributed by atoms with Gasteiger partial charge in [0.25, 0.3) is 5.69 Å². The number of hydrogen-bond acceptors (Lipinski definition) is 6. The molecule has 0 amide bonds. The molecule has 2 aromatic carbocycles. The molecule has 0 unspecified atom stereocenters. The first kappa shape index (κ1) is 18.5. The highest BCUT2D eigenvalue weighted by Gasteiger charge is 2.26. The largest absolute Gasteiger partial charge is 0.342 e. The fourth-order valence-electron chi connectivity index (χ4n) is 4.15. The highest BCUT2D eigenvalue weighted by molar-refractivity contribution is 5.94. The second kappa shape index (κ2) is 7.05. The van der Waals surface area contributed by atoms with Gasteiger partial charge in [0.05, 0.1) is 16.0 Å². The average molecular weight is 402 g/mol. The van der Waals surface area contributed by atoms with Crippen LogP contribution in [0.4, 0.5) is 11.6 Å². The van der Waals surface area contributed by atoms with Crippen LogP contribution in [-0.2, 0) is 0 Å². The van der Waals surface area contributed by atoms with Crippen molar-refractivity contribution < 1.29 is 4.92 Å². The van der Waals surface area contributed by atoms with Gasteiger partial charge < -0.3 is 4.90 Å². The lowest BCUT2D eigenvalue weighted by molar-refractivity contribution is -0.384. The minimum Gasteiger partial charge on any atom is -0.342 e. The molecular formula is C22H22N6O2. The summed E-state index contributed by atoms with van der Waals surface area (Å²) in [6.07, 6.45) is 2.16. The van der Waals surface area contributed by atoms with E-state index in [-0.39, 0.29) is 10.6 Å². The number of piperidine rings is 1. The van der Waals surface area contributed by atoms with E-state index in [9.17, 15) is 10.1 Å². The number of aryl methyl sites for hydroxylation is 1. The molecule has 3 heterocycles. The first-order valence-corrected chi connectivity index (χ1v) is 10.2. The number of hydrogen-bond donors (Lipinski definition) is 0. The van der Waals surface area contributed by atoms with Crippen molar-refractivity contribution in [2.24, 2.45) is 5.92 Å². The molecule has 0 atom stereocenters. The lowest BCUT2D eigenvalue weighted by atomic mass is 9.99. The van der Waals surface area contributed by atoms with Crippen LogP contribution in [0.2, 0.25) is 0 Å². The van der Waals surface area contributed by atoms with Crippen molar-refractivity contribution in [3.05, 3.63) is 58.1 Å². The SMILES string of the molecule is Cc1ccc2nc(N3CCC(C)CC3)n3c(-c4ccccc4[N+](=O)[O-])nnc3c2c1. The molecule has 8 nitrogen and oxygen atoms in total. The molecule has 2 aromatic heterocycles. The number of para-hydroxylation sites is 1. The molecule has 0 spiro atoms. The first-order valence-electron chi connectivity index (χ1n) is 10.2. The van der Waals surface area contributed by atoms with Crippen molar-refractivity contribution in [1.82, 2.24) is 19.6 Å². The van der Waals surface area contributed by atoms with Gasteiger partial charge in [-0.3, -0.25) is 10.1 Å². The van der Waals surface area contributed by atoms with Crippen LogP contribution < -0.4 is 4.90 Å². The zero-order valence-electron chi connectivity index (χ0n) is 16.9. The number of nitro groups is 1. The van der Waals surface area contributed by atoms with Crippen LogP contribution in [-0.4, -0.2) is 37.6 Å². The van der Waals surface area contributed by atoms with Gasteiger partial charge in [-0.05, 0) is 43.9 Å². The second-order valence-corrected chi connectivity index (χ2v) is 8.06. The summed E-state index contributed by atoms with van der Waals surface area (Å²) in [6.45, 7) is 6.06. The van der Waals surface area contributed by atoms with Crippen molar-refractivity contribution in [2.45, 2.75) is 26.7 Å².